The van der Waals surface area contributed by atoms with Crippen molar-refractivity contribution < 1.29 is 18.8 Å². The summed E-state index contributed by atoms with van der Waals surface area (Å²) in [6.45, 7) is 0.597. The molecule has 0 aromatic heterocycles. The van der Waals surface area contributed by atoms with Crippen LogP contribution in [0.25, 0.3) is 0 Å². The van der Waals surface area contributed by atoms with Gasteiger partial charge in [0.05, 0.1) is 23.6 Å². The Kier molecular flexibility index (Phi) is 3.73. The molecular weight excluding hydrogens is 317 g/mol. The Hall–Kier alpha value is -0.720. The smallest absolute Gasteiger partial charge is 0.262 e. The number of amides is 2. The van der Waals surface area contributed by atoms with Gasteiger partial charge in [0.25, 0.3) is 11.8 Å². The van der Waals surface area contributed by atoms with E-state index < -0.39 is 5.47 Å². The van der Waals surface area contributed by atoms with Gasteiger partial charge in [-0.2, -0.15) is 0 Å². The molecule has 1 saturated heterocycles. The van der Waals surface area contributed by atoms with Crippen molar-refractivity contribution in [3.05, 3.63) is 35.4 Å². The fourth-order valence-corrected chi connectivity index (χ4v) is 6.24. The summed E-state index contributed by atoms with van der Waals surface area (Å²) in [6.07, 6.45) is 0. The monoisotopic (exact) mass is 329 g/mol. The van der Waals surface area contributed by atoms with Crippen LogP contribution in [0.3, 0.4) is 0 Å². The molecular formula is C12H12NO4PS2. The number of benzene rings is 1. The molecule has 0 radical (unpaired) electrons. The van der Waals surface area contributed by atoms with Crippen molar-refractivity contribution in [2.75, 3.05) is 19.6 Å². The summed E-state index contributed by atoms with van der Waals surface area (Å²) in [5, 5.41) is 0. The first-order chi connectivity index (χ1) is 9.57. The Morgan fingerprint density at radius 2 is 1.95 bits per heavy atom. The maximum Gasteiger partial charge on any atom is 0.262 e. The van der Waals surface area contributed by atoms with Crippen molar-refractivity contribution in [2.45, 2.75) is 5.85 Å². The van der Waals surface area contributed by atoms with E-state index in [1.807, 2.05) is 0 Å². The van der Waals surface area contributed by atoms with Crippen LogP contribution in [0.1, 0.15) is 20.7 Å². The Labute approximate surface area is 125 Å². The predicted octanol–water partition coefficient (Wildman–Crippen LogP) is 2.29. The standard InChI is InChI=1S/C12H12NO4PS2/c1-16-18(19,10-6-17-10)20-7-13-11(14)8-4-2-3-5-9(8)12(13)15/h2-5,10H,6-7H2,1H3. The number of fused-ring (bicyclic) bond motifs is 1. The van der Waals surface area contributed by atoms with Crippen LogP contribution in [0.4, 0.5) is 0 Å². The molecule has 106 valence electrons. The number of ether oxygens (including phenoxy) is 1. The summed E-state index contributed by atoms with van der Waals surface area (Å²) in [5.41, 5.74) is -1.28. The molecule has 0 bridgehead atoms. The van der Waals surface area contributed by atoms with Gasteiger partial charge in [-0.25, -0.2) is 0 Å². The summed E-state index contributed by atoms with van der Waals surface area (Å²) in [7, 11) is 1.55. The van der Waals surface area contributed by atoms with E-state index in [-0.39, 0.29) is 23.5 Å². The van der Waals surface area contributed by atoms with E-state index in [4.69, 9.17) is 21.1 Å². The molecule has 2 atom stereocenters. The molecule has 2 aliphatic heterocycles. The number of hydrogen-bond acceptors (Lipinski definition) is 6. The van der Waals surface area contributed by atoms with E-state index in [1.165, 1.54) is 16.3 Å². The van der Waals surface area contributed by atoms with Gasteiger partial charge < -0.3 is 9.26 Å². The van der Waals surface area contributed by atoms with Gasteiger partial charge in [0.15, 0.2) is 5.47 Å². The molecule has 1 fully saturated rings. The lowest BCUT2D eigenvalue weighted by Gasteiger charge is -2.20. The Morgan fingerprint density at radius 1 is 1.40 bits per heavy atom. The molecule has 0 spiro atoms. The molecule has 20 heavy (non-hydrogen) atoms. The molecule has 0 saturated carbocycles. The number of imide groups is 1. The maximum atomic E-state index is 12.2. The van der Waals surface area contributed by atoms with E-state index in [0.717, 1.165) is 0 Å². The first-order valence-electron chi connectivity index (χ1n) is 5.93. The molecule has 8 heteroatoms. The Bertz CT molecular complexity index is 597. The topological polar surface area (TPSA) is 59.1 Å². The highest BCUT2D eigenvalue weighted by molar-refractivity contribution is 8.69. The van der Waals surface area contributed by atoms with Crippen molar-refractivity contribution in [1.82, 2.24) is 4.90 Å². The molecule has 2 amide bonds. The van der Waals surface area contributed by atoms with E-state index in [9.17, 15) is 9.59 Å². The highest BCUT2D eigenvalue weighted by Gasteiger charge is 2.42. The maximum absolute atomic E-state index is 12.2. The zero-order chi connectivity index (χ0) is 14.3. The highest BCUT2D eigenvalue weighted by atomic mass is 32.9. The first-order valence-corrected chi connectivity index (χ1v) is 10.3. The van der Waals surface area contributed by atoms with Gasteiger partial charge in [0.2, 0.25) is 0 Å². The average molecular weight is 329 g/mol. The number of hydrogen-bond donors (Lipinski definition) is 0. The Morgan fingerprint density at radius 3 is 2.40 bits per heavy atom. The molecule has 0 aliphatic carbocycles. The van der Waals surface area contributed by atoms with Crippen LogP contribution in [0.5, 0.6) is 0 Å². The van der Waals surface area contributed by atoms with E-state index in [0.29, 0.717) is 17.7 Å². The second-order valence-corrected chi connectivity index (χ2v) is 11.6. The van der Waals surface area contributed by atoms with Gasteiger partial charge >= 0.3 is 0 Å². The van der Waals surface area contributed by atoms with Crippen LogP contribution in [-0.2, 0) is 21.1 Å². The van der Waals surface area contributed by atoms with Gasteiger partial charge in [-0.05, 0) is 12.1 Å². The lowest BCUT2D eigenvalue weighted by molar-refractivity contribution is 0.0684. The van der Waals surface area contributed by atoms with Crippen LogP contribution in [0.15, 0.2) is 24.3 Å². The lowest BCUT2D eigenvalue weighted by Crippen LogP contribution is -2.29. The van der Waals surface area contributed by atoms with Crippen LogP contribution in [0.2, 0.25) is 0 Å². The second kappa shape index (κ2) is 5.24. The van der Waals surface area contributed by atoms with Gasteiger partial charge in [0.1, 0.15) is 5.85 Å². The number of carbonyl (C=O) groups is 2. The van der Waals surface area contributed by atoms with E-state index >= 15 is 0 Å². The van der Waals surface area contributed by atoms with Crippen molar-refractivity contribution >= 4 is 40.5 Å². The molecule has 1 aromatic rings. The van der Waals surface area contributed by atoms with Crippen LogP contribution >= 0.6 is 16.8 Å². The minimum Gasteiger partial charge on any atom is -0.364 e. The summed E-state index contributed by atoms with van der Waals surface area (Å²) in [6, 6.07) is 6.82. The number of carbonyl (C=O) groups excluding carboxylic acids is 2. The van der Waals surface area contributed by atoms with Gasteiger partial charge in [0, 0.05) is 7.11 Å². The fraction of sp³-hybridized carbons (Fsp3) is 0.333. The van der Waals surface area contributed by atoms with Crippen molar-refractivity contribution in [3.8, 4) is 0 Å². The lowest BCUT2D eigenvalue weighted by atomic mass is 10.1. The molecule has 2 heterocycles. The zero-order valence-electron chi connectivity index (χ0n) is 10.6. The third-order valence-corrected chi connectivity index (χ3v) is 10.1. The quantitative estimate of drug-likeness (QED) is 0.469. The average Bonchev–Trinajstić information content (AvgIpc) is 3.28. The molecule has 2 unspecified atom stereocenters. The van der Waals surface area contributed by atoms with Crippen LogP contribution in [0, 0.1) is 0 Å². The van der Waals surface area contributed by atoms with Gasteiger partial charge in [-0.3, -0.25) is 14.5 Å². The minimum absolute atomic E-state index is 0.0531. The normalized spacial score (nSPS) is 23.6. The van der Waals surface area contributed by atoms with Crippen molar-refractivity contribution in [1.29, 1.82) is 0 Å². The van der Waals surface area contributed by atoms with Crippen molar-refractivity contribution in [2.24, 2.45) is 0 Å². The third kappa shape index (κ3) is 2.34. The number of rotatable bonds is 5. The van der Waals surface area contributed by atoms with Gasteiger partial charge in [-0.15, -0.1) is 0 Å². The third-order valence-electron chi connectivity index (χ3n) is 3.17. The predicted molar refractivity (Wildman–Crippen MR) is 80.4 cm³/mol. The summed E-state index contributed by atoms with van der Waals surface area (Å²) < 4.78 is 10.6. The molecule has 0 N–H and O–H groups in total. The summed E-state index contributed by atoms with van der Waals surface area (Å²) >= 11 is 6.80. The first kappa shape index (κ1) is 14.2. The van der Waals surface area contributed by atoms with Crippen LogP contribution in [-0.4, -0.2) is 42.2 Å². The van der Waals surface area contributed by atoms with Crippen LogP contribution < -0.4 is 0 Å². The molecule has 2 aliphatic rings. The minimum atomic E-state index is -2.18. The Balaban J connectivity index is 1.75. The van der Waals surface area contributed by atoms with Gasteiger partial charge in [-0.1, -0.05) is 35.3 Å². The number of epoxide rings is 1. The SMILES string of the molecule is COP(=S)(SCN1C(=O)c2ccccc2C1=O)C1CO1. The number of nitrogens with zero attached hydrogens (tertiary/aromatic N) is 1. The largest absolute Gasteiger partial charge is 0.364 e. The summed E-state index contributed by atoms with van der Waals surface area (Å²) in [5.74, 6) is -0.389. The molecule has 5 nitrogen and oxygen atoms in total. The molecule has 3 rings (SSSR count). The zero-order valence-corrected chi connectivity index (χ0v) is 13.2. The van der Waals surface area contributed by atoms with E-state index in [2.05, 4.69) is 0 Å². The highest BCUT2D eigenvalue weighted by Crippen LogP contribution is 2.67. The summed E-state index contributed by atoms with van der Waals surface area (Å²) in [4.78, 5) is 25.6. The van der Waals surface area contributed by atoms with E-state index in [1.54, 1.807) is 31.4 Å². The fourth-order valence-electron chi connectivity index (χ4n) is 1.97. The second-order valence-electron chi connectivity index (χ2n) is 4.35. The molecule has 1 aromatic carbocycles. The van der Waals surface area contributed by atoms with Crippen molar-refractivity contribution in [3.63, 3.8) is 0 Å².